The van der Waals surface area contributed by atoms with E-state index in [9.17, 15) is 4.79 Å². The molecule has 4 heteroatoms. The minimum absolute atomic E-state index is 0.223. The van der Waals surface area contributed by atoms with Gasteiger partial charge in [0.15, 0.2) is 5.69 Å². The standard InChI is InChI=1S/C19H25NO3/c1-18(2,3)15-14(20-17(23-15)19(4,5)6)16(21)22-12-13-10-8-7-9-11-13/h7-11H,12H2,1-6H3. The van der Waals surface area contributed by atoms with Crippen molar-refractivity contribution in [3.8, 4) is 0 Å². The van der Waals surface area contributed by atoms with E-state index in [1.54, 1.807) is 0 Å². The van der Waals surface area contributed by atoms with E-state index in [0.717, 1.165) is 5.56 Å². The molecule has 0 fully saturated rings. The van der Waals surface area contributed by atoms with Gasteiger partial charge in [0, 0.05) is 10.8 Å². The molecule has 0 unspecified atom stereocenters. The minimum atomic E-state index is -0.446. The zero-order chi connectivity index (χ0) is 17.3. The monoisotopic (exact) mass is 315 g/mol. The number of ether oxygens (including phenoxy) is 1. The molecule has 0 saturated heterocycles. The van der Waals surface area contributed by atoms with Crippen LogP contribution < -0.4 is 0 Å². The molecular weight excluding hydrogens is 290 g/mol. The molecule has 2 aromatic rings. The summed E-state index contributed by atoms with van der Waals surface area (Å²) in [5, 5.41) is 0. The fourth-order valence-corrected chi connectivity index (χ4v) is 2.08. The van der Waals surface area contributed by atoms with Crippen LogP contribution >= 0.6 is 0 Å². The van der Waals surface area contributed by atoms with Crippen LogP contribution in [-0.4, -0.2) is 11.0 Å². The number of nitrogens with zero attached hydrogens (tertiary/aromatic N) is 1. The maximum absolute atomic E-state index is 12.5. The van der Waals surface area contributed by atoms with Gasteiger partial charge in [-0.1, -0.05) is 71.9 Å². The first-order chi connectivity index (χ1) is 10.6. The van der Waals surface area contributed by atoms with Crippen LogP contribution in [0.2, 0.25) is 0 Å². The number of aromatic nitrogens is 1. The largest absolute Gasteiger partial charge is 0.456 e. The van der Waals surface area contributed by atoms with Crippen molar-refractivity contribution >= 4 is 5.97 Å². The lowest BCUT2D eigenvalue weighted by Gasteiger charge is -2.17. The lowest BCUT2D eigenvalue weighted by Crippen LogP contribution is -2.17. The number of carbonyl (C=O) groups is 1. The predicted octanol–water partition coefficient (Wildman–Crippen LogP) is 4.63. The normalized spacial score (nSPS) is 12.3. The number of esters is 1. The van der Waals surface area contributed by atoms with E-state index in [-0.39, 0.29) is 23.1 Å². The van der Waals surface area contributed by atoms with E-state index in [1.165, 1.54) is 0 Å². The molecule has 0 aliphatic heterocycles. The highest BCUT2D eigenvalue weighted by Gasteiger charge is 2.33. The molecule has 23 heavy (non-hydrogen) atoms. The van der Waals surface area contributed by atoms with Crippen molar-refractivity contribution in [3.05, 3.63) is 53.2 Å². The molecule has 0 N–H and O–H groups in total. The first-order valence-corrected chi connectivity index (χ1v) is 7.82. The van der Waals surface area contributed by atoms with Crippen LogP contribution in [0.5, 0.6) is 0 Å². The molecule has 4 nitrogen and oxygen atoms in total. The topological polar surface area (TPSA) is 52.3 Å². The van der Waals surface area contributed by atoms with Gasteiger partial charge in [-0.25, -0.2) is 9.78 Å². The first kappa shape index (κ1) is 17.3. The highest BCUT2D eigenvalue weighted by atomic mass is 16.5. The Morgan fingerprint density at radius 3 is 2.17 bits per heavy atom. The summed E-state index contributed by atoms with van der Waals surface area (Å²) in [6.45, 7) is 12.2. The summed E-state index contributed by atoms with van der Waals surface area (Å²) in [7, 11) is 0. The fourth-order valence-electron chi connectivity index (χ4n) is 2.08. The van der Waals surface area contributed by atoms with Gasteiger partial charge in [0.2, 0.25) is 5.89 Å². The number of benzene rings is 1. The minimum Gasteiger partial charge on any atom is -0.456 e. The van der Waals surface area contributed by atoms with Gasteiger partial charge in [-0.05, 0) is 5.56 Å². The third kappa shape index (κ3) is 4.21. The fraction of sp³-hybridized carbons (Fsp3) is 0.474. The molecule has 0 spiro atoms. The summed E-state index contributed by atoms with van der Waals surface area (Å²) >= 11 is 0. The highest BCUT2D eigenvalue weighted by Crippen LogP contribution is 2.32. The average molecular weight is 315 g/mol. The molecule has 1 aromatic carbocycles. The summed E-state index contributed by atoms with van der Waals surface area (Å²) in [6, 6.07) is 9.59. The molecular formula is C19H25NO3. The summed E-state index contributed by atoms with van der Waals surface area (Å²) in [5.41, 5.74) is 0.631. The molecule has 0 radical (unpaired) electrons. The summed E-state index contributed by atoms with van der Waals surface area (Å²) in [4.78, 5) is 16.9. The van der Waals surface area contributed by atoms with Crippen molar-refractivity contribution in [2.75, 3.05) is 0 Å². The van der Waals surface area contributed by atoms with Crippen LogP contribution in [0.3, 0.4) is 0 Å². The lowest BCUT2D eigenvalue weighted by molar-refractivity contribution is 0.0461. The van der Waals surface area contributed by atoms with Crippen molar-refractivity contribution in [2.24, 2.45) is 0 Å². The van der Waals surface area contributed by atoms with Gasteiger partial charge in [-0.15, -0.1) is 0 Å². The van der Waals surface area contributed by atoms with Gasteiger partial charge >= 0.3 is 5.97 Å². The van der Waals surface area contributed by atoms with Crippen LogP contribution in [0, 0.1) is 0 Å². The van der Waals surface area contributed by atoms with Crippen LogP contribution in [-0.2, 0) is 22.2 Å². The maximum Gasteiger partial charge on any atom is 0.360 e. The number of carbonyl (C=O) groups excluding carboxylic acids is 1. The van der Waals surface area contributed by atoms with Crippen molar-refractivity contribution in [1.82, 2.24) is 4.98 Å². The van der Waals surface area contributed by atoms with E-state index < -0.39 is 5.97 Å². The lowest BCUT2D eigenvalue weighted by atomic mass is 9.92. The van der Waals surface area contributed by atoms with Crippen molar-refractivity contribution < 1.29 is 13.9 Å². The summed E-state index contributed by atoms with van der Waals surface area (Å²) in [6.07, 6.45) is 0. The van der Waals surface area contributed by atoms with Gasteiger partial charge in [-0.3, -0.25) is 0 Å². The maximum atomic E-state index is 12.5. The van der Waals surface area contributed by atoms with Crippen molar-refractivity contribution in [2.45, 2.75) is 59.0 Å². The second-order valence-electron chi connectivity index (χ2n) is 7.76. The Balaban J connectivity index is 2.26. The van der Waals surface area contributed by atoms with E-state index in [2.05, 4.69) is 4.98 Å². The second-order valence-corrected chi connectivity index (χ2v) is 7.76. The molecule has 0 saturated carbocycles. The summed E-state index contributed by atoms with van der Waals surface area (Å²) < 4.78 is 11.3. The van der Waals surface area contributed by atoms with Crippen LogP contribution in [0.25, 0.3) is 0 Å². The Kier molecular flexibility index (Phi) is 4.64. The Morgan fingerprint density at radius 2 is 1.65 bits per heavy atom. The van der Waals surface area contributed by atoms with Gasteiger partial charge in [0.25, 0.3) is 0 Å². The molecule has 1 aromatic heterocycles. The first-order valence-electron chi connectivity index (χ1n) is 7.82. The Labute approximate surface area is 137 Å². The Morgan fingerprint density at radius 1 is 1.04 bits per heavy atom. The summed E-state index contributed by atoms with van der Waals surface area (Å²) in [5.74, 6) is 0.674. The molecule has 0 bridgehead atoms. The van der Waals surface area contributed by atoms with Crippen molar-refractivity contribution in [1.29, 1.82) is 0 Å². The number of hydrogen-bond acceptors (Lipinski definition) is 4. The quantitative estimate of drug-likeness (QED) is 0.775. The van der Waals surface area contributed by atoms with Gasteiger partial charge < -0.3 is 9.15 Å². The molecule has 2 rings (SSSR count). The second kappa shape index (κ2) is 6.19. The molecule has 1 heterocycles. The van der Waals surface area contributed by atoms with Crippen LogP contribution in [0.4, 0.5) is 0 Å². The number of rotatable bonds is 3. The highest BCUT2D eigenvalue weighted by molar-refractivity contribution is 5.88. The smallest absolute Gasteiger partial charge is 0.360 e. The number of oxazole rings is 1. The van der Waals surface area contributed by atoms with E-state index in [4.69, 9.17) is 9.15 Å². The molecule has 124 valence electrons. The average Bonchev–Trinajstić information content (AvgIpc) is 2.91. The Hall–Kier alpha value is -2.10. The van der Waals surface area contributed by atoms with E-state index in [1.807, 2.05) is 71.9 Å². The van der Waals surface area contributed by atoms with Crippen LogP contribution in [0.15, 0.2) is 34.7 Å². The predicted molar refractivity (Wildman–Crippen MR) is 89.5 cm³/mol. The van der Waals surface area contributed by atoms with Gasteiger partial charge in [0.05, 0.1) is 0 Å². The third-order valence-electron chi connectivity index (χ3n) is 3.36. The van der Waals surface area contributed by atoms with Crippen LogP contribution in [0.1, 0.15) is 69.2 Å². The molecule has 0 aliphatic carbocycles. The molecule has 0 aliphatic rings. The van der Waals surface area contributed by atoms with Crippen molar-refractivity contribution in [3.63, 3.8) is 0 Å². The zero-order valence-electron chi connectivity index (χ0n) is 14.8. The SMILES string of the molecule is CC(C)(C)c1nc(C(=O)OCc2ccccc2)c(C(C)(C)C)o1. The van der Waals surface area contributed by atoms with E-state index >= 15 is 0 Å². The van der Waals surface area contributed by atoms with Gasteiger partial charge in [-0.2, -0.15) is 0 Å². The van der Waals surface area contributed by atoms with Gasteiger partial charge in [0.1, 0.15) is 12.4 Å². The number of hydrogen-bond donors (Lipinski definition) is 0. The Bertz CT molecular complexity index is 673. The zero-order valence-corrected chi connectivity index (χ0v) is 14.8. The molecule has 0 atom stereocenters. The third-order valence-corrected chi connectivity index (χ3v) is 3.36. The molecule has 0 amide bonds. The van der Waals surface area contributed by atoms with E-state index in [0.29, 0.717) is 11.7 Å².